The van der Waals surface area contributed by atoms with Crippen LogP contribution in [0.2, 0.25) is 5.02 Å². The average Bonchev–Trinajstić information content (AvgIpc) is 2.68. The van der Waals surface area contributed by atoms with Gasteiger partial charge in [0.25, 0.3) is 6.43 Å². The van der Waals surface area contributed by atoms with Crippen molar-refractivity contribution in [3.8, 4) is 17.6 Å². The standard InChI is InChI=1S/C16H9ClF3NO3.C4H10O/c17-12-2-1-9(6-13(22)23)14(18)15(12)24-11-4-8(7-21)3-10(5-11)16(19)20;1-3-5-4-2/h1-5,16H,6H2,(H,22,23);3-4H2,1-2H3. The number of benzene rings is 2. The molecule has 0 fully saturated rings. The molecule has 9 heteroatoms. The highest BCUT2D eigenvalue weighted by Gasteiger charge is 2.18. The maximum absolute atomic E-state index is 14.3. The number of hydrogen-bond donors (Lipinski definition) is 1. The molecule has 2 rings (SSSR count). The first-order valence-corrected chi connectivity index (χ1v) is 8.88. The quantitative estimate of drug-likeness (QED) is 0.606. The van der Waals surface area contributed by atoms with Crippen LogP contribution in [-0.2, 0) is 16.0 Å². The molecule has 2 aromatic rings. The van der Waals surface area contributed by atoms with Crippen LogP contribution in [0.3, 0.4) is 0 Å². The van der Waals surface area contributed by atoms with Gasteiger partial charge in [0.2, 0.25) is 0 Å². The summed E-state index contributed by atoms with van der Waals surface area (Å²) in [4.78, 5) is 10.7. The van der Waals surface area contributed by atoms with Gasteiger partial charge in [-0.1, -0.05) is 17.7 Å². The third-order valence-electron chi connectivity index (χ3n) is 3.41. The molecule has 0 heterocycles. The smallest absolute Gasteiger partial charge is 0.307 e. The van der Waals surface area contributed by atoms with E-state index in [1.807, 2.05) is 13.8 Å². The summed E-state index contributed by atoms with van der Waals surface area (Å²) in [5, 5.41) is 17.5. The van der Waals surface area contributed by atoms with Gasteiger partial charge in [0.1, 0.15) is 5.75 Å². The van der Waals surface area contributed by atoms with Gasteiger partial charge in [-0.05, 0) is 38.1 Å². The first-order valence-electron chi connectivity index (χ1n) is 8.50. The minimum Gasteiger partial charge on any atom is -0.481 e. The van der Waals surface area contributed by atoms with Gasteiger partial charge in [0.05, 0.1) is 23.1 Å². The van der Waals surface area contributed by atoms with Crippen LogP contribution >= 0.6 is 11.6 Å². The maximum atomic E-state index is 14.3. The van der Waals surface area contributed by atoms with Gasteiger partial charge in [-0.25, -0.2) is 13.2 Å². The van der Waals surface area contributed by atoms with Crippen molar-refractivity contribution < 1.29 is 32.5 Å². The average molecular weight is 430 g/mol. The van der Waals surface area contributed by atoms with E-state index in [4.69, 9.17) is 31.4 Å². The number of aliphatic carboxylic acids is 1. The summed E-state index contributed by atoms with van der Waals surface area (Å²) in [6, 6.07) is 7.20. The fourth-order valence-electron chi connectivity index (χ4n) is 2.16. The molecule has 1 N–H and O–H groups in total. The second-order valence-electron chi connectivity index (χ2n) is 5.51. The summed E-state index contributed by atoms with van der Waals surface area (Å²) in [7, 11) is 0. The summed E-state index contributed by atoms with van der Waals surface area (Å²) < 4.78 is 50.1. The minimum atomic E-state index is -2.85. The third-order valence-corrected chi connectivity index (χ3v) is 3.71. The molecule has 0 saturated carbocycles. The molecule has 0 bridgehead atoms. The highest BCUT2D eigenvalue weighted by molar-refractivity contribution is 6.32. The number of rotatable bonds is 7. The minimum absolute atomic E-state index is 0.0963. The lowest BCUT2D eigenvalue weighted by Crippen LogP contribution is -2.04. The Hall–Kier alpha value is -2.76. The zero-order valence-electron chi connectivity index (χ0n) is 15.7. The van der Waals surface area contributed by atoms with Crippen molar-refractivity contribution in [3.63, 3.8) is 0 Å². The molecule has 5 nitrogen and oxygen atoms in total. The molecular formula is C20H19ClF3NO4. The molecule has 0 aromatic heterocycles. The van der Waals surface area contributed by atoms with Gasteiger partial charge in [-0.15, -0.1) is 0 Å². The van der Waals surface area contributed by atoms with Crippen molar-refractivity contribution >= 4 is 17.6 Å². The van der Waals surface area contributed by atoms with E-state index in [-0.39, 0.29) is 21.9 Å². The number of carboxylic acids is 1. The van der Waals surface area contributed by atoms with Crippen molar-refractivity contribution in [2.75, 3.05) is 13.2 Å². The molecule has 29 heavy (non-hydrogen) atoms. The van der Waals surface area contributed by atoms with Crippen LogP contribution in [0.1, 0.15) is 37.0 Å². The zero-order valence-corrected chi connectivity index (χ0v) is 16.5. The molecule has 156 valence electrons. The molecule has 0 spiro atoms. The van der Waals surface area contributed by atoms with Gasteiger partial charge < -0.3 is 14.6 Å². The number of carbonyl (C=O) groups is 1. The lowest BCUT2D eigenvalue weighted by molar-refractivity contribution is -0.136. The summed E-state index contributed by atoms with van der Waals surface area (Å²) >= 11 is 5.84. The van der Waals surface area contributed by atoms with Crippen molar-refractivity contribution in [2.24, 2.45) is 0 Å². The van der Waals surface area contributed by atoms with Crippen molar-refractivity contribution in [2.45, 2.75) is 26.7 Å². The number of carboxylic acid groups (broad SMARTS) is 1. The van der Waals surface area contributed by atoms with Crippen LogP contribution in [0.25, 0.3) is 0 Å². The van der Waals surface area contributed by atoms with E-state index in [0.717, 1.165) is 31.4 Å². The third kappa shape index (κ3) is 7.64. The van der Waals surface area contributed by atoms with Gasteiger partial charge in [-0.2, -0.15) is 5.26 Å². The Morgan fingerprint density at radius 1 is 1.24 bits per heavy atom. The number of nitrogens with zero attached hydrogens (tertiary/aromatic N) is 1. The Labute approximate surface area is 171 Å². The van der Waals surface area contributed by atoms with Crippen LogP contribution in [0.5, 0.6) is 11.5 Å². The van der Waals surface area contributed by atoms with Crippen LogP contribution in [0, 0.1) is 17.1 Å². The van der Waals surface area contributed by atoms with Crippen molar-refractivity contribution in [3.05, 3.63) is 57.9 Å². The molecule has 2 aromatic carbocycles. The second-order valence-corrected chi connectivity index (χ2v) is 5.91. The second kappa shape index (κ2) is 11.9. The molecule has 0 aliphatic rings. The molecule has 0 aliphatic heterocycles. The maximum Gasteiger partial charge on any atom is 0.307 e. The van der Waals surface area contributed by atoms with Gasteiger partial charge in [0, 0.05) is 24.3 Å². The number of halogens is 4. The summed E-state index contributed by atoms with van der Waals surface area (Å²) in [6.45, 7) is 5.67. The van der Waals surface area contributed by atoms with Crippen molar-refractivity contribution in [1.82, 2.24) is 0 Å². The zero-order chi connectivity index (χ0) is 22.0. The molecule has 0 amide bonds. The molecule has 0 unspecified atom stereocenters. The van der Waals surface area contributed by atoms with Crippen LogP contribution < -0.4 is 4.74 Å². The number of ether oxygens (including phenoxy) is 2. The summed E-state index contributed by atoms with van der Waals surface area (Å²) in [5.41, 5.74) is -0.740. The monoisotopic (exact) mass is 429 g/mol. The Bertz CT molecular complexity index is 883. The van der Waals surface area contributed by atoms with E-state index >= 15 is 0 Å². The fraction of sp³-hybridized carbons (Fsp3) is 0.300. The van der Waals surface area contributed by atoms with E-state index in [9.17, 15) is 18.0 Å². The lowest BCUT2D eigenvalue weighted by Gasteiger charge is -2.12. The van der Waals surface area contributed by atoms with Crippen LogP contribution in [0.15, 0.2) is 30.3 Å². The van der Waals surface area contributed by atoms with E-state index in [2.05, 4.69) is 0 Å². The Balaban J connectivity index is 0.000000749. The Morgan fingerprint density at radius 2 is 1.90 bits per heavy atom. The van der Waals surface area contributed by atoms with Crippen LogP contribution in [0.4, 0.5) is 13.2 Å². The number of hydrogen-bond acceptors (Lipinski definition) is 4. The van der Waals surface area contributed by atoms with E-state index < -0.39 is 35.9 Å². The Kier molecular flexibility index (Phi) is 10.00. The van der Waals surface area contributed by atoms with Crippen molar-refractivity contribution in [1.29, 1.82) is 5.26 Å². The highest BCUT2D eigenvalue weighted by Crippen LogP contribution is 2.35. The van der Waals surface area contributed by atoms with Crippen LogP contribution in [-0.4, -0.2) is 24.3 Å². The fourth-order valence-corrected chi connectivity index (χ4v) is 2.34. The first kappa shape index (κ1) is 24.3. The molecule has 0 radical (unpaired) electrons. The summed E-state index contributed by atoms with van der Waals surface area (Å²) in [6.07, 6.45) is -3.45. The van der Waals surface area contributed by atoms with Gasteiger partial charge in [-0.3, -0.25) is 4.79 Å². The largest absolute Gasteiger partial charge is 0.481 e. The van der Waals surface area contributed by atoms with E-state index in [1.165, 1.54) is 12.1 Å². The lowest BCUT2D eigenvalue weighted by atomic mass is 10.1. The topological polar surface area (TPSA) is 79.5 Å². The molecular weight excluding hydrogens is 411 g/mol. The molecule has 0 atom stereocenters. The normalized spacial score (nSPS) is 10.1. The molecule has 0 saturated heterocycles. The number of nitriles is 1. The van der Waals surface area contributed by atoms with E-state index in [1.54, 1.807) is 6.07 Å². The first-order chi connectivity index (χ1) is 13.7. The predicted octanol–water partition coefficient (Wildman–Crippen LogP) is 5.75. The SMILES string of the molecule is CCOCC.N#Cc1cc(Oc2c(Cl)ccc(CC(=O)O)c2F)cc(C(F)F)c1. The number of alkyl halides is 2. The van der Waals surface area contributed by atoms with Gasteiger partial charge >= 0.3 is 5.97 Å². The highest BCUT2D eigenvalue weighted by atomic mass is 35.5. The molecule has 0 aliphatic carbocycles. The van der Waals surface area contributed by atoms with Gasteiger partial charge in [0.15, 0.2) is 11.6 Å². The Morgan fingerprint density at radius 3 is 2.38 bits per heavy atom. The van der Waals surface area contributed by atoms with E-state index in [0.29, 0.717) is 0 Å². The predicted molar refractivity (Wildman–Crippen MR) is 101 cm³/mol. The summed E-state index contributed by atoms with van der Waals surface area (Å²) in [5.74, 6) is -2.97.